The highest BCUT2D eigenvalue weighted by Crippen LogP contribution is 2.18. The monoisotopic (exact) mass is 934 g/mol. The van der Waals surface area contributed by atoms with Crippen LogP contribution in [-0.2, 0) is 14.3 Å². The van der Waals surface area contributed by atoms with E-state index in [2.05, 4.69) is 19.2 Å². The van der Waals surface area contributed by atoms with Crippen molar-refractivity contribution in [3.8, 4) is 0 Å². The number of esters is 1. The van der Waals surface area contributed by atoms with Crippen LogP contribution < -0.4 is 5.32 Å². The summed E-state index contributed by atoms with van der Waals surface area (Å²) in [5.41, 5.74) is 0. The molecule has 6 heteroatoms. The van der Waals surface area contributed by atoms with Gasteiger partial charge < -0.3 is 20.3 Å². The topological polar surface area (TPSA) is 95.9 Å². The standard InChI is InChI=1S/C60H119NO5/c1-3-5-7-9-11-13-15-17-18-19-20-23-26-29-32-36-40-44-48-52-58(63)57(56-62)61-59(64)53-49-45-41-37-33-30-27-24-21-22-25-28-31-35-39-43-47-51-55-66-60(65)54-50-46-42-38-34-16-14-12-10-8-6-4-2/h57-58,62-63H,3-56H2,1-2H3,(H,61,64). The van der Waals surface area contributed by atoms with Crippen LogP contribution in [0, 0.1) is 0 Å². The van der Waals surface area contributed by atoms with E-state index in [1.807, 2.05) is 0 Å². The highest BCUT2D eigenvalue weighted by molar-refractivity contribution is 5.76. The number of amides is 1. The normalized spacial score (nSPS) is 12.5. The maximum atomic E-state index is 12.5. The SMILES string of the molecule is CCCCCCCCCCCCCCCCCCCCCC(O)C(CO)NC(=O)CCCCCCCCCCCCCCCCCCCCOC(=O)CCCCCCCCCCCCCC. The number of carbonyl (C=O) groups is 2. The van der Waals surface area contributed by atoms with E-state index in [-0.39, 0.29) is 18.5 Å². The van der Waals surface area contributed by atoms with E-state index < -0.39 is 12.1 Å². The van der Waals surface area contributed by atoms with Crippen LogP contribution in [0.3, 0.4) is 0 Å². The van der Waals surface area contributed by atoms with Crippen molar-refractivity contribution < 1.29 is 24.5 Å². The van der Waals surface area contributed by atoms with E-state index in [9.17, 15) is 19.8 Å². The fourth-order valence-electron chi connectivity index (χ4n) is 9.76. The smallest absolute Gasteiger partial charge is 0.305 e. The predicted molar refractivity (Wildman–Crippen MR) is 287 cm³/mol. The first-order chi connectivity index (χ1) is 32.5. The Morgan fingerprint density at radius 3 is 0.924 bits per heavy atom. The zero-order chi connectivity index (χ0) is 47.9. The van der Waals surface area contributed by atoms with Crippen LogP contribution in [0.15, 0.2) is 0 Å². The van der Waals surface area contributed by atoms with Gasteiger partial charge in [0.1, 0.15) is 0 Å². The predicted octanol–water partition coefficient (Wildman–Crippen LogP) is 18.7. The molecule has 6 nitrogen and oxygen atoms in total. The number of hydrogen-bond acceptors (Lipinski definition) is 5. The molecular weight excluding hydrogens is 815 g/mol. The summed E-state index contributed by atoms with van der Waals surface area (Å²) in [4.78, 5) is 24.5. The van der Waals surface area contributed by atoms with Gasteiger partial charge in [-0.25, -0.2) is 0 Å². The fraction of sp³-hybridized carbons (Fsp3) is 0.967. The number of aliphatic hydroxyl groups is 2. The van der Waals surface area contributed by atoms with E-state index in [0.29, 0.717) is 25.9 Å². The molecule has 2 atom stereocenters. The van der Waals surface area contributed by atoms with Gasteiger partial charge in [-0.05, 0) is 25.7 Å². The van der Waals surface area contributed by atoms with Crippen molar-refractivity contribution in [1.82, 2.24) is 5.32 Å². The van der Waals surface area contributed by atoms with Crippen LogP contribution in [-0.4, -0.2) is 47.4 Å². The van der Waals surface area contributed by atoms with Gasteiger partial charge in [0.05, 0.1) is 25.4 Å². The van der Waals surface area contributed by atoms with Gasteiger partial charge in [-0.15, -0.1) is 0 Å². The average molecular weight is 935 g/mol. The summed E-state index contributed by atoms with van der Waals surface area (Å²) in [6.45, 7) is 4.98. The van der Waals surface area contributed by atoms with Crippen molar-refractivity contribution in [3.63, 3.8) is 0 Å². The Hall–Kier alpha value is -1.14. The van der Waals surface area contributed by atoms with Crippen LogP contribution in [0.1, 0.15) is 348 Å². The van der Waals surface area contributed by atoms with Crippen molar-refractivity contribution in [2.45, 2.75) is 360 Å². The highest BCUT2D eigenvalue weighted by atomic mass is 16.5. The lowest BCUT2D eigenvalue weighted by molar-refractivity contribution is -0.143. The van der Waals surface area contributed by atoms with E-state index in [0.717, 1.165) is 38.5 Å². The molecule has 0 aromatic heterocycles. The maximum absolute atomic E-state index is 12.5. The maximum Gasteiger partial charge on any atom is 0.305 e. The van der Waals surface area contributed by atoms with Crippen LogP contribution in [0.5, 0.6) is 0 Å². The molecule has 3 N–H and O–H groups in total. The van der Waals surface area contributed by atoms with Crippen LogP contribution in [0.2, 0.25) is 0 Å². The Morgan fingerprint density at radius 1 is 0.364 bits per heavy atom. The molecule has 0 aliphatic rings. The van der Waals surface area contributed by atoms with E-state index >= 15 is 0 Å². The number of hydrogen-bond donors (Lipinski definition) is 3. The van der Waals surface area contributed by atoms with Crippen LogP contribution in [0.4, 0.5) is 0 Å². The number of carbonyl (C=O) groups excluding carboxylic acids is 2. The molecule has 0 aliphatic heterocycles. The fourth-order valence-corrected chi connectivity index (χ4v) is 9.76. The summed E-state index contributed by atoms with van der Waals surface area (Å²) in [7, 11) is 0. The lowest BCUT2D eigenvalue weighted by Gasteiger charge is -2.22. The van der Waals surface area contributed by atoms with Gasteiger partial charge >= 0.3 is 5.97 Å². The Bertz CT molecular complexity index is 944. The molecule has 0 heterocycles. The largest absolute Gasteiger partial charge is 0.466 e. The minimum absolute atomic E-state index is 0.00917. The molecule has 0 aromatic rings. The molecular formula is C60H119NO5. The number of ether oxygens (including phenoxy) is 1. The molecule has 2 unspecified atom stereocenters. The second-order valence-electron chi connectivity index (χ2n) is 21.1. The number of rotatable bonds is 57. The molecule has 0 spiro atoms. The van der Waals surface area contributed by atoms with Gasteiger partial charge in [0.25, 0.3) is 0 Å². The molecule has 0 saturated heterocycles. The second kappa shape index (κ2) is 56.4. The Labute approximate surface area is 413 Å². The Balaban J connectivity index is 3.40. The third-order valence-corrected chi connectivity index (χ3v) is 14.4. The molecule has 0 saturated carbocycles. The number of unbranched alkanes of at least 4 members (excludes halogenated alkanes) is 46. The molecule has 0 radical (unpaired) electrons. The second-order valence-corrected chi connectivity index (χ2v) is 21.1. The zero-order valence-electron chi connectivity index (χ0n) is 45.0. The van der Waals surface area contributed by atoms with Crippen molar-refractivity contribution in [2.24, 2.45) is 0 Å². The third kappa shape index (κ3) is 52.2. The quantitative estimate of drug-likeness (QED) is 0.0417. The number of aliphatic hydroxyl groups excluding tert-OH is 2. The van der Waals surface area contributed by atoms with E-state index in [4.69, 9.17) is 4.74 Å². The van der Waals surface area contributed by atoms with Crippen molar-refractivity contribution >= 4 is 11.9 Å². The molecule has 66 heavy (non-hydrogen) atoms. The van der Waals surface area contributed by atoms with Gasteiger partial charge in [0.2, 0.25) is 5.91 Å². The zero-order valence-corrected chi connectivity index (χ0v) is 45.0. The van der Waals surface area contributed by atoms with Crippen molar-refractivity contribution in [1.29, 1.82) is 0 Å². The first-order valence-corrected chi connectivity index (χ1v) is 30.3. The number of nitrogens with one attached hydrogen (secondary N) is 1. The van der Waals surface area contributed by atoms with E-state index in [1.165, 1.54) is 276 Å². The van der Waals surface area contributed by atoms with Gasteiger partial charge in [-0.2, -0.15) is 0 Å². The molecule has 0 fully saturated rings. The lowest BCUT2D eigenvalue weighted by atomic mass is 10.0. The molecule has 1 amide bonds. The summed E-state index contributed by atoms with van der Waals surface area (Å²) in [5.74, 6) is -0.0257. The van der Waals surface area contributed by atoms with Crippen LogP contribution >= 0.6 is 0 Å². The molecule has 0 aromatic carbocycles. The molecule has 394 valence electrons. The van der Waals surface area contributed by atoms with Crippen LogP contribution in [0.25, 0.3) is 0 Å². The van der Waals surface area contributed by atoms with Gasteiger partial charge in [-0.3, -0.25) is 9.59 Å². The van der Waals surface area contributed by atoms with Gasteiger partial charge in [-0.1, -0.05) is 309 Å². The van der Waals surface area contributed by atoms with E-state index in [1.54, 1.807) is 0 Å². The average Bonchev–Trinajstić information content (AvgIpc) is 3.32. The summed E-state index contributed by atoms with van der Waals surface area (Å²) >= 11 is 0. The minimum Gasteiger partial charge on any atom is -0.466 e. The molecule has 0 bridgehead atoms. The van der Waals surface area contributed by atoms with Crippen molar-refractivity contribution in [2.75, 3.05) is 13.2 Å². The first-order valence-electron chi connectivity index (χ1n) is 30.3. The third-order valence-electron chi connectivity index (χ3n) is 14.4. The molecule has 0 rings (SSSR count). The van der Waals surface area contributed by atoms with Gasteiger partial charge in [0.15, 0.2) is 0 Å². The summed E-state index contributed by atoms with van der Waals surface area (Å²) < 4.78 is 5.47. The summed E-state index contributed by atoms with van der Waals surface area (Å²) in [6, 6.07) is -0.543. The highest BCUT2D eigenvalue weighted by Gasteiger charge is 2.20. The Kier molecular flexibility index (Phi) is 55.5. The summed E-state index contributed by atoms with van der Waals surface area (Å²) in [5, 5.41) is 23.3. The van der Waals surface area contributed by atoms with Gasteiger partial charge in [0, 0.05) is 12.8 Å². The first kappa shape index (κ1) is 64.9. The molecule has 0 aliphatic carbocycles. The summed E-state index contributed by atoms with van der Waals surface area (Å²) in [6.07, 6.45) is 65.3. The Morgan fingerprint density at radius 2 is 0.621 bits per heavy atom. The van der Waals surface area contributed by atoms with Crippen molar-refractivity contribution in [3.05, 3.63) is 0 Å². The lowest BCUT2D eigenvalue weighted by Crippen LogP contribution is -2.45. The minimum atomic E-state index is -0.666.